The normalized spacial score (nSPS) is 12.4. The highest BCUT2D eigenvalue weighted by molar-refractivity contribution is 5.99. The van der Waals surface area contributed by atoms with Gasteiger partial charge in [0.15, 0.2) is 0 Å². The van der Waals surface area contributed by atoms with Gasteiger partial charge in [-0.25, -0.2) is 14.8 Å². The van der Waals surface area contributed by atoms with Crippen molar-refractivity contribution in [1.82, 2.24) is 15.0 Å². The first-order valence-corrected chi connectivity index (χ1v) is 7.87. The predicted octanol–water partition coefficient (Wildman–Crippen LogP) is 3.73. The van der Waals surface area contributed by atoms with Gasteiger partial charge in [0.1, 0.15) is 12.4 Å². The zero-order valence-electron chi connectivity index (χ0n) is 14.1. The van der Waals surface area contributed by atoms with Crippen molar-refractivity contribution in [2.45, 2.75) is 19.6 Å². The van der Waals surface area contributed by atoms with Crippen LogP contribution in [0.3, 0.4) is 0 Å². The highest BCUT2D eigenvalue weighted by Crippen LogP contribution is 2.31. The number of carbonyl (C=O) groups excluding carboxylic acids is 1. The lowest BCUT2D eigenvalue weighted by Gasteiger charge is -2.10. The van der Waals surface area contributed by atoms with Crippen LogP contribution in [0.25, 0.3) is 11.0 Å². The van der Waals surface area contributed by atoms with Crippen LogP contribution in [0.2, 0.25) is 0 Å². The highest BCUT2D eigenvalue weighted by Gasteiger charge is 2.37. The molecule has 0 bridgehead atoms. The fourth-order valence-corrected chi connectivity index (χ4v) is 2.53. The third-order valence-corrected chi connectivity index (χ3v) is 3.82. The van der Waals surface area contributed by atoms with Crippen LogP contribution in [0.5, 0.6) is 0 Å². The number of benzene rings is 2. The second-order valence-corrected chi connectivity index (χ2v) is 5.75. The summed E-state index contributed by atoms with van der Waals surface area (Å²) in [5, 5.41) is 3.86. The third kappa shape index (κ3) is 4.13. The summed E-state index contributed by atoms with van der Waals surface area (Å²) < 4.78 is 53.4. The van der Waals surface area contributed by atoms with Crippen LogP contribution >= 0.6 is 0 Å². The lowest BCUT2D eigenvalue weighted by atomic mass is 10.1. The van der Waals surface area contributed by atoms with E-state index >= 15 is 0 Å². The quantitative estimate of drug-likeness (QED) is 0.427. The molecule has 0 aliphatic heterocycles. The van der Waals surface area contributed by atoms with E-state index in [2.05, 4.69) is 15.5 Å². The molecule has 9 heteroatoms. The van der Waals surface area contributed by atoms with Crippen molar-refractivity contribution in [2.24, 2.45) is 5.10 Å². The van der Waals surface area contributed by atoms with Crippen molar-refractivity contribution in [2.75, 3.05) is 0 Å². The van der Waals surface area contributed by atoms with Crippen LogP contribution in [0, 0.1) is 5.82 Å². The molecule has 3 rings (SSSR count). The Morgan fingerprint density at radius 2 is 1.81 bits per heavy atom. The van der Waals surface area contributed by atoms with E-state index in [1.165, 1.54) is 36.4 Å². The summed E-state index contributed by atoms with van der Waals surface area (Å²) in [5.74, 6) is -2.31. The number of fused-ring (bicyclic) bond motifs is 1. The second kappa shape index (κ2) is 7.18. The second-order valence-electron chi connectivity index (χ2n) is 5.75. The van der Waals surface area contributed by atoms with E-state index in [1.54, 1.807) is 19.1 Å². The summed E-state index contributed by atoms with van der Waals surface area (Å²) in [7, 11) is 0. The third-order valence-electron chi connectivity index (χ3n) is 3.82. The molecule has 0 fully saturated rings. The number of para-hydroxylation sites is 2. The summed E-state index contributed by atoms with van der Waals surface area (Å²) in [6.07, 6.45) is -4.70. The van der Waals surface area contributed by atoms with Gasteiger partial charge < -0.3 is 4.57 Å². The molecule has 0 saturated carbocycles. The zero-order chi connectivity index (χ0) is 19.6. The Hall–Kier alpha value is -3.23. The average Bonchev–Trinajstić information content (AvgIpc) is 2.99. The summed E-state index contributed by atoms with van der Waals surface area (Å²) >= 11 is 0. The van der Waals surface area contributed by atoms with Crippen LogP contribution in [-0.2, 0) is 17.5 Å². The number of hydrogen-bond donors (Lipinski definition) is 1. The van der Waals surface area contributed by atoms with E-state index in [0.29, 0.717) is 11.3 Å². The Kier molecular flexibility index (Phi) is 4.93. The van der Waals surface area contributed by atoms with Crippen LogP contribution in [0.15, 0.2) is 53.6 Å². The number of hydrogen-bond acceptors (Lipinski definition) is 3. The number of alkyl halides is 3. The first kappa shape index (κ1) is 18.6. The number of carbonyl (C=O) groups is 1. The molecule has 0 aliphatic carbocycles. The van der Waals surface area contributed by atoms with Crippen molar-refractivity contribution < 1.29 is 22.4 Å². The molecule has 1 N–H and O–H groups in total. The Morgan fingerprint density at radius 3 is 2.48 bits per heavy atom. The van der Waals surface area contributed by atoms with Gasteiger partial charge in [0, 0.05) is 0 Å². The average molecular weight is 378 g/mol. The molecule has 5 nitrogen and oxygen atoms in total. The predicted molar refractivity (Wildman–Crippen MR) is 91.5 cm³/mol. The molecule has 0 aliphatic rings. The van der Waals surface area contributed by atoms with E-state index in [9.17, 15) is 22.4 Å². The van der Waals surface area contributed by atoms with Crippen molar-refractivity contribution >= 4 is 22.7 Å². The largest absolute Gasteiger partial charge is 0.449 e. The number of amides is 1. The van der Waals surface area contributed by atoms with Gasteiger partial charge in [0.05, 0.1) is 16.7 Å². The lowest BCUT2D eigenvalue weighted by molar-refractivity contribution is -0.147. The summed E-state index contributed by atoms with van der Waals surface area (Å²) in [4.78, 5) is 15.7. The SMILES string of the molecule is C/C(=N\NC(=O)Cn1c(C(F)(F)F)nc2ccccc21)c1ccc(F)cc1. The highest BCUT2D eigenvalue weighted by atomic mass is 19.4. The molecule has 140 valence electrons. The molecular weight excluding hydrogens is 364 g/mol. The van der Waals surface area contributed by atoms with Gasteiger partial charge >= 0.3 is 6.18 Å². The number of imidazole rings is 1. The molecule has 1 aromatic heterocycles. The van der Waals surface area contributed by atoms with Gasteiger partial charge in [-0.2, -0.15) is 18.3 Å². The minimum atomic E-state index is -4.70. The number of nitrogens with one attached hydrogen (secondary N) is 1. The fraction of sp³-hybridized carbons (Fsp3) is 0.167. The van der Waals surface area contributed by atoms with Gasteiger partial charge in [0.25, 0.3) is 5.91 Å². The fourth-order valence-electron chi connectivity index (χ4n) is 2.53. The summed E-state index contributed by atoms with van der Waals surface area (Å²) in [5.41, 5.74) is 3.51. The van der Waals surface area contributed by atoms with Crippen LogP contribution in [0.1, 0.15) is 18.3 Å². The number of rotatable bonds is 4. The number of aromatic nitrogens is 2. The monoisotopic (exact) mass is 378 g/mol. The van der Waals surface area contributed by atoms with Crippen molar-refractivity contribution in [3.05, 3.63) is 65.7 Å². The topological polar surface area (TPSA) is 59.3 Å². The Balaban J connectivity index is 1.82. The van der Waals surface area contributed by atoms with E-state index < -0.39 is 30.3 Å². The molecule has 0 saturated heterocycles. The number of halogens is 4. The minimum Gasteiger partial charge on any atom is -0.311 e. The maximum absolute atomic E-state index is 13.2. The van der Waals surface area contributed by atoms with Gasteiger partial charge in [-0.15, -0.1) is 0 Å². The maximum atomic E-state index is 13.2. The van der Waals surface area contributed by atoms with Crippen LogP contribution < -0.4 is 5.43 Å². The van der Waals surface area contributed by atoms with E-state index in [1.807, 2.05) is 0 Å². The van der Waals surface area contributed by atoms with Crippen LogP contribution in [-0.4, -0.2) is 21.2 Å². The Morgan fingerprint density at radius 1 is 1.15 bits per heavy atom. The summed E-state index contributed by atoms with van der Waals surface area (Å²) in [6, 6.07) is 11.5. The van der Waals surface area contributed by atoms with Crippen LogP contribution in [0.4, 0.5) is 17.6 Å². The summed E-state index contributed by atoms with van der Waals surface area (Å²) in [6.45, 7) is 0.983. The Labute approximate surface area is 151 Å². The molecule has 1 heterocycles. The molecule has 2 aromatic carbocycles. The Bertz CT molecular complexity index is 1010. The molecule has 3 aromatic rings. The van der Waals surface area contributed by atoms with Crippen molar-refractivity contribution in [3.8, 4) is 0 Å². The smallest absolute Gasteiger partial charge is 0.311 e. The first-order valence-electron chi connectivity index (χ1n) is 7.87. The molecule has 0 atom stereocenters. The number of nitrogens with zero attached hydrogens (tertiary/aromatic N) is 3. The van der Waals surface area contributed by atoms with E-state index in [0.717, 1.165) is 4.57 Å². The van der Waals surface area contributed by atoms with Gasteiger partial charge in [-0.05, 0) is 36.8 Å². The molecular formula is C18H14F4N4O. The molecule has 0 radical (unpaired) electrons. The molecule has 0 unspecified atom stereocenters. The molecule has 1 amide bonds. The first-order chi connectivity index (χ1) is 12.8. The maximum Gasteiger partial charge on any atom is 0.449 e. The minimum absolute atomic E-state index is 0.142. The van der Waals surface area contributed by atoms with Gasteiger partial charge in [-0.3, -0.25) is 4.79 Å². The number of hydrazone groups is 1. The lowest BCUT2D eigenvalue weighted by Crippen LogP contribution is -2.27. The van der Waals surface area contributed by atoms with E-state index in [4.69, 9.17) is 0 Å². The molecule has 27 heavy (non-hydrogen) atoms. The van der Waals surface area contributed by atoms with Crippen molar-refractivity contribution in [3.63, 3.8) is 0 Å². The van der Waals surface area contributed by atoms with Gasteiger partial charge in [0.2, 0.25) is 5.82 Å². The molecule has 0 spiro atoms. The van der Waals surface area contributed by atoms with Crippen molar-refractivity contribution in [1.29, 1.82) is 0 Å². The standard InChI is InChI=1S/C18H14F4N4O/c1-11(12-6-8-13(19)9-7-12)24-25-16(27)10-26-15-5-3-2-4-14(15)23-17(26)18(20,21)22/h2-9H,10H2,1H3,(H,25,27)/b24-11+. The zero-order valence-corrected chi connectivity index (χ0v) is 14.1. The van der Waals surface area contributed by atoms with Gasteiger partial charge in [-0.1, -0.05) is 24.3 Å². The van der Waals surface area contributed by atoms with E-state index in [-0.39, 0.29) is 11.0 Å².